The number of tetrazole rings is 1. The van der Waals surface area contributed by atoms with Crippen LogP contribution in [0.3, 0.4) is 0 Å². The van der Waals surface area contributed by atoms with Gasteiger partial charge in [-0.2, -0.15) is 9.10 Å². The SMILES string of the molecule is Cc1ccc(S(=O)(=O)N2CCN(C(=O)Cn3nnc(-c4ccccc4)n3)CC2)cc1C. The van der Waals surface area contributed by atoms with Crippen molar-refractivity contribution < 1.29 is 13.2 Å². The number of benzene rings is 2. The molecule has 10 heteroatoms. The fraction of sp³-hybridized carbons (Fsp3) is 0.333. The van der Waals surface area contributed by atoms with Crippen molar-refractivity contribution in [1.29, 1.82) is 0 Å². The molecule has 0 bridgehead atoms. The number of aryl methyl sites for hydroxylation is 2. The van der Waals surface area contributed by atoms with Crippen molar-refractivity contribution >= 4 is 15.9 Å². The third kappa shape index (κ3) is 4.49. The molecule has 0 N–H and O–H groups in total. The van der Waals surface area contributed by atoms with Crippen molar-refractivity contribution in [2.45, 2.75) is 25.3 Å². The molecule has 1 fully saturated rings. The Morgan fingerprint density at radius 1 is 0.968 bits per heavy atom. The van der Waals surface area contributed by atoms with Gasteiger partial charge in [-0.3, -0.25) is 4.79 Å². The van der Waals surface area contributed by atoms with Gasteiger partial charge in [0.15, 0.2) is 0 Å². The molecule has 2 aromatic carbocycles. The summed E-state index contributed by atoms with van der Waals surface area (Å²) in [5, 5.41) is 12.2. The van der Waals surface area contributed by atoms with E-state index in [0.717, 1.165) is 16.7 Å². The highest BCUT2D eigenvalue weighted by Crippen LogP contribution is 2.20. The Bertz CT molecular complexity index is 1180. The lowest BCUT2D eigenvalue weighted by Crippen LogP contribution is -2.51. The zero-order chi connectivity index (χ0) is 22.0. The standard InChI is InChI=1S/C21H24N6O3S/c1-16-8-9-19(14-17(16)2)31(29,30)26-12-10-25(11-13-26)20(28)15-27-23-21(22-24-27)18-6-4-3-5-7-18/h3-9,14H,10-13,15H2,1-2H3. The molecule has 9 nitrogen and oxygen atoms in total. The summed E-state index contributed by atoms with van der Waals surface area (Å²) in [6.45, 7) is 4.95. The van der Waals surface area contributed by atoms with Crippen molar-refractivity contribution in [3.8, 4) is 11.4 Å². The van der Waals surface area contributed by atoms with Gasteiger partial charge in [0.2, 0.25) is 21.8 Å². The molecule has 162 valence electrons. The number of nitrogens with zero attached hydrogens (tertiary/aromatic N) is 6. The lowest BCUT2D eigenvalue weighted by Gasteiger charge is -2.34. The Morgan fingerprint density at radius 2 is 1.68 bits per heavy atom. The number of aromatic nitrogens is 4. The summed E-state index contributed by atoms with van der Waals surface area (Å²) in [6.07, 6.45) is 0. The second-order valence-corrected chi connectivity index (χ2v) is 9.48. The van der Waals surface area contributed by atoms with Gasteiger partial charge >= 0.3 is 0 Å². The maximum atomic E-state index is 12.9. The number of amides is 1. The number of carbonyl (C=O) groups is 1. The molecule has 1 aliphatic heterocycles. The molecule has 0 atom stereocenters. The molecule has 1 amide bonds. The van der Waals surface area contributed by atoms with Crippen LogP contribution in [0, 0.1) is 13.8 Å². The third-order valence-electron chi connectivity index (χ3n) is 5.47. The zero-order valence-corrected chi connectivity index (χ0v) is 18.3. The van der Waals surface area contributed by atoms with Crippen LogP contribution in [0.2, 0.25) is 0 Å². The van der Waals surface area contributed by atoms with E-state index >= 15 is 0 Å². The molecular weight excluding hydrogens is 416 g/mol. The van der Waals surface area contributed by atoms with Crippen molar-refractivity contribution in [3.05, 3.63) is 59.7 Å². The molecule has 4 rings (SSSR count). The minimum atomic E-state index is -3.58. The van der Waals surface area contributed by atoms with Gasteiger partial charge in [0.25, 0.3) is 0 Å². The molecule has 0 spiro atoms. The maximum Gasteiger partial charge on any atom is 0.246 e. The summed E-state index contributed by atoms with van der Waals surface area (Å²) in [6, 6.07) is 14.6. The largest absolute Gasteiger partial charge is 0.338 e. The predicted molar refractivity (Wildman–Crippen MR) is 115 cm³/mol. The van der Waals surface area contributed by atoms with Crippen molar-refractivity contribution in [3.63, 3.8) is 0 Å². The molecule has 31 heavy (non-hydrogen) atoms. The molecular formula is C21H24N6O3S. The summed E-state index contributed by atoms with van der Waals surface area (Å²) in [5.41, 5.74) is 2.81. The van der Waals surface area contributed by atoms with E-state index in [1.54, 1.807) is 17.0 Å². The fourth-order valence-corrected chi connectivity index (χ4v) is 4.94. The number of hydrogen-bond donors (Lipinski definition) is 0. The lowest BCUT2D eigenvalue weighted by atomic mass is 10.1. The monoisotopic (exact) mass is 440 g/mol. The van der Waals surface area contributed by atoms with E-state index in [1.165, 1.54) is 9.10 Å². The Balaban J connectivity index is 1.37. The van der Waals surface area contributed by atoms with E-state index in [2.05, 4.69) is 15.4 Å². The minimum Gasteiger partial charge on any atom is -0.338 e. The first-order valence-electron chi connectivity index (χ1n) is 10.0. The summed E-state index contributed by atoms with van der Waals surface area (Å²) in [7, 11) is -3.58. The average molecular weight is 441 g/mol. The van der Waals surface area contributed by atoms with Crippen molar-refractivity contribution in [1.82, 2.24) is 29.4 Å². The molecule has 0 radical (unpaired) electrons. The predicted octanol–water partition coefficient (Wildman–Crippen LogP) is 1.49. The van der Waals surface area contributed by atoms with Gasteiger partial charge in [-0.15, -0.1) is 10.2 Å². The average Bonchev–Trinajstić information content (AvgIpc) is 3.24. The van der Waals surface area contributed by atoms with Crippen molar-refractivity contribution in [2.75, 3.05) is 26.2 Å². The quantitative estimate of drug-likeness (QED) is 0.596. The van der Waals surface area contributed by atoms with Crippen LogP contribution in [-0.2, 0) is 21.4 Å². The van der Waals surface area contributed by atoms with Crippen LogP contribution in [0.1, 0.15) is 11.1 Å². The van der Waals surface area contributed by atoms with E-state index in [9.17, 15) is 13.2 Å². The second kappa shape index (κ2) is 8.56. The van der Waals surface area contributed by atoms with Gasteiger partial charge in [0.05, 0.1) is 4.90 Å². The van der Waals surface area contributed by atoms with Gasteiger partial charge < -0.3 is 4.90 Å². The van der Waals surface area contributed by atoms with Crippen molar-refractivity contribution in [2.24, 2.45) is 0 Å². The number of carbonyl (C=O) groups excluding carboxylic acids is 1. The highest BCUT2D eigenvalue weighted by molar-refractivity contribution is 7.89. The van der Waals surface area contributed by atoms with Crippen LogP contribution in [-0.4, -0.2) is 69.9 Å². The highest BCUT2D eigenvalue weighted by Gasteiger charge is 2.30. The first kappa shape index (κ1) is 21.1. The minimum absolute atomic E-state index is 0.0380. The Labute approximate surface area is 181 Å². The Kier molecular flexibility index (Phi) is 5.84. The molecule has 1 saturated heterocycles. The number of rotatable bonds is 5. The van der Waals surface area contributed by atoms with E-state index < -0.39 is 10.0 Å². The van der Waals surface area contributed by atoms with Crippen LogP contribution in [0.4, 0.5) is 0 Å². The Hall–Kier alpha value is -3.11. The normalized spacial score (nSPS) is 15.2. The molecule has 3 aromatic rings. The van der Waals surface area contributed by atoms with Crippen LogP contribution in [0.25, 0.3) is 11.4 Å². The molecule has 0 unspecified atom stereocenters. The van der Waals surface area contributed by atoms with Gasteiger partial charge in [0, 0.05) is 31.7 Å². The number of piperazine rings is 1. The van der Waals surface area contributed by atoms with Gasteiger partial charge in [-0.1, -0.05) is 36.4 Å². The van der Waals surface area contributed by atoms with Gasteiger partial charge in [-0.05, 0) is 42.3 Å². The van der Waals surface area contributed by atoms with Gasteiger partial charge in [-0.25, -0.2) is 8.42 Å². The smallest absolute Gasteiger partial charge is 0.246 e. The van der Waals surface area contributed by atoms with Crippen LogP contribution < -0.4 is 0 Å². The zero-order valence-electron chi connectivity index (χ0n) is 17.5. The first-order valence-corrected chi connectivity index (χ1v) is 11.5. The second-order valence-electron chi connectivity index (χ2n) is 7.54. The van der Waals surface area contributed by atoms with E-state index in [-0.39, 0.29) is 30.4 Å². The molecule has 0 saturated carbocycles. The summed E-state index contributed by atoms with van der Waals surface area (Å²) >= 11 is 0. The topological polar surface area (TPSA) is 101 Å². The fourth-order valence-electron chi connectivity index (χ4n) is 3.44. The highest BCUT2D eigenvalue weighted by atomic mass is 32.2. The van der Waals surface area contributed by atoms with Gasteiger partial charge in [0.1, 0.15) is 6.54 Å². The number of sulfonamides is 1. The molecule has 1 aliphatic rings. The Morgan fingerprint density at radius 3 is 2.35 bits per heavy atom. The molecule has 2 heterocycles. The van der Waals surface area contributed by atoms with E-state index in [4.69, 9.17) is 0 Å². The van der Waals surface area contributed by atoms with Crippen LogP contribution >= 0.6 is 0 Å². The third-order valence-corrected chi connectivity index (χ3v) is 7.36. The number of hydrogen-bond acceptors (Lipinski definition) is 6. The summed E-state index contributed by atoms with van der Waals surface area (Å²) < 4.78 is 27.3. The van der Waals surface area contributed by atoms with E-state index in [1.807, 2.05) is 50.2 Å². The summed E-state index contributed by atoms with van der Waals surface area (Å²) in [4.78, 5) is 15.8. The molecule has 0 aliphatic carbocycles. The van der Waals surface area contributed by atoms with Crippen LogP contribution in [0.5, 0.6) is 0 Å². The summed E-state index contributed by atoms with van der Waals surface area (Å²) in [5.74, 6) is 0.290. The van der Waals surface area contributed by atoms with Crippen LogP contribution in [0.15, 0.2) is 53.4 Å². The molecule has 1 aromatic heterocycles. The maximum absolute atomic E-state index is 12.9. The first-order chi connectivity index (χ1) is 14.8. The lowest BCUT2D eigenvalue weighted by molar-refractivity contribution is -0.133. The van der Waals surface area contributed by atoms with E-state index in [0.29, 0.717) is 18.9 Å².